The maximum atomic E-state index is 11.7. The second kappa shape index (κ2) is 9.07. The van der Waals surface area contributed by atoms with Gasteiger partial charge in [0.2, 0.25) is 11.8 Å². The van der Waals surface area contributed by atoms with Crippen LogP contribution in [0.25, 0.3) is 0 Å². The summed E-state index contributed by atoms with van der Waals surface area (Å²) >= 11 is 0. The molecule has 0 bridgehead atoms. The summed E-state index contributed by atoms with van der Waals surface area (Å²) in [7, 11) is 0. The highest BCUT2D eigenvalue weighted by Crippen LogP contribution is 2.19. The zero-order chi connectivity index (χ0) is 16.6. The first-order valence-corrected chi connectivity index (χ1v) is 7.91. The summed E-state index contributed by atoms with van der Waals surface area (Å²) in [6.07, 6.45) is 1.03. The molecule has 128 valence electrons. The van der Waals surface area contributed by atoms with Crippen LogP contribution in [0.4, 0.5) is 0 Å². The van der Waals surface area contributed by atoms with E-state index in [1.165, 1.54) is 0 Å². The highest BCUT2D eigenvalue weighted by molar-refractivity contribution is 5.82. The van der Waals surface area contributed by atoms with Gasteiger partial charge in [0.05, 0.1) is 6.61 Å². The molecule has 0 spiro atoms. The van der Waals surface area contributed by atoms with Crippen molar-refractivity contribution in [2.45, 2.75) is 39.2 Å². The van der Waals surface area contributed by atoms with E-state index in [-0.39, 0.29) is 25.5 Å². The number of piperidine rings is 1. The zero-order valence-electron chi connectivity index (χ0n) is 13.5. The maximum absolute atomic E-state index is 11.7. The van der Waals surface area contributed by atoms with Crippen molar-refractivity contribution >= 4 is 11.8 Å². The predicted molar refractivity (Wildman–Crippen MR) is 83.1 cm³/mol. The highest BCUT2D eigenvalue weighted by Gasteiger charge is 2.32. The quantitative estimate of drug-likeness (QED) is 0.394. The first kappa shape index (κ1) is 18.9. The zero-order valence-corrected chi connectivity index (χ0v) is 13.5. The van der Waals surface area contributed by atoms with E-state index in [4.69, 9.17) is 5.11 Å². The Morgan fingerprint density at radius 1 is 1.27 bits per heavy atom. The largest absolute Gasteiger partial charge is 0.396 e. The summed E-state index contributed by atoms with van der Waals surface area (Å²) in [5.41, 5.74) is -0.901. The molecule has 1 rings (SSSR count). The van der Waals surface area contributed by atoms with Gasteiger partial charge >= 0.3 is 0 Å². The molecule has 0 aliphatic carbocycles. The average molecular weight is 315 g/mol. The SMILES string of the molecule is CC(C)(CO)[C@@H](O)C(=O)NCCC(=O)NCC1CCNCC1. The number of aliphatic hydroxyl groups excluding tert-OH is 2. The van der Waals surface area contributed by atoms with Gasteiger partial charge in [0.15, 0.2) is 0 Å². The number of carbonyl (C=O) groups is 2. The number of nitrogens with one attached hydrogen (secondary N) is 3. The summed E-state index contributed by atoms with van der Waals surface area (Å²) in [5.74, 6) is -0.146. The van der Waals surface area contributed by atoms with Crippen molar-refractivity contribution in [2.75, 3.05) is 32.8 Å². The smallest absolute Gasteiger partial charge is 0.249 e. The van der Waals surface area contributed by atoms with Crippen LogP contribution in [-0.4, -0.2) is 60.9 Å². The highest BCUT2D eigenvalue weighted by atomic mass is 16.3. The van der Waals surface area contributed by atoms with Crippen LogP contribution in [0.1, 0.15) is 33.1 Å². The Bertz CT molecular complexity index is 368. The standard InChI is InChI=1S/C15H29N3O4/c1-15(2,10-19)13(21)14(22)17-8-5-12(20)18-9-11-3-6-16-7-4-11/h11,13,16,19,21H,3-10H2,1-2H3,(H,17,22)(H,18,20)/t13-/m0/s1. The molecule has 2 amide bonds. The molecule has 7 heteroatoms. The van der Waals surface area contributed by atoms with Gasteiger partial charge in [-0.2, -0.15) is 0 Å². The minimum atomic E-state index is -1.30. The van der Waals surface area contributed by atoms with Crippen LogP contribution in [-0.2, 0) is 9.59 Å². The van der Waals surface area contributed by atoms with E-state index < -0.39 is 17.4 Å². The first-order valence-electron chi connectivity index (χ1n) is 7.91. The lowest BCUT2D eigenvalue weighted by atomic mass is 9.87. The lowest BCUT2D eigenvalue weighted by molar-refractivity contribution is -0.137. The van der Waals surface area contributed by atoms with Gasteiger partial charge in [-0.15, -0.1) is 0 Å². The fraction of sp³-hybridized carbons (Fsp3) is 0.867. The maximum Gasteiger partial charge on any atom is 0.249 e. The van der Waals surface area contributed by atoms with Crippen LogP contribution < -0.4 is 16.0 Å². The van der Waals surface area contributed by atoms with Crippen molar-refractivity contribution < 1.29 is 19.8 Å². The molecule has 0 saturated carbocycles. The molecule has 1 heterocycles. The molecule has 1 atom stereocenters. The Morgan fingerprint density at radius 2 is 1.91 bits per heavy atom. The van der Waals surface area contributed by atoms with E-state index in [1.54, 1.807) is 13.8 Å². The number of aliphatic hydroxyl groups is 2. The summed E-state index contributed by atoms with van der Waals surface area (Å²) in [6.45, 7) is 5.75. The molecular formula is C15H29N3O4. The molecule has 0 unspecified atom stereocenters. The van der Waals surface area contributed by atoms with E-state index >= 15 is 0 Å². The van der Waals surface area contributed by atoms with Crippen LogP contribution >= 0.6 is 0 Å². The molecule has 5 N–H and O–H groups in total. The Morgan fingerprint density at radius 3 is 2.50 bits per heavy atom. The van der Waals surface area contributed by atoms with E-state index in [2.05, 4.69) is 16.0 Å². The minimum Gasteiger partial charge on any atom is -0.396 e. The van der Waals surface area contributed by atoms with E-state index in [0.717, 1.165) is 25.9 Å². The molecular weight excluding hydrogens is 286 g/mol. The van der Waals surface area contributed by atoms with Gasteiger partial charge < -0.3 is 26.2 Å². The minimum absolute atomic E-state index is 0.102. The van der Waals surface area contributed by atoms with Gasteiger partial charge in [0, 0.05) is 24.9 Å². The molecule has 0 aromatic heterocycles. The van der Waals surface area contributed by atoms with Gasteiger partial charge in [0.1, 0.15) is 6.10 Å². The van der Waals surface area contributed by atoms with Gasteiger partial charge in [-0.05, 0) is 31.8 Å². The van der Waals surface area contributed by atoms with Crippen LogP contribution in [0.3, 0.4) is 0 Å². The third-order valence-corrected chi connectivity index (χ3v) is 4.09. The molecule has 1 aliphatic rings. The summed E-state index contributed by atoms with van der Waals surface area (Å²) in [4.78, 5) is 23.4. The van der Waals surface area contributed by atoms with Gasteiger partial charge in [0.25, 0.3) is 0 Å². The topological polar surface area (TPSA) is 111 Å². The number of hydrogen-bond donors (Lipinski definition) is 5. The Hall–Kier alpha value is -1.18. The Balaban J connectivity index is 2.17. The number of carbonyl (C=O) groups excluding carboxylic acids is 2. The van der Waals surface area contributed by atoms with Crippen LogP contribution in [0.5, 0.6) is 0 Å². The van der Waals surface area contributed by atoms with Crippen LogP contribution in [0.15, 0.2) is 0 Å². The third-order valence-electron chi connectivity index (χ3n) is 4.09. The lowest BCUT2D eigenvalue weighted by Crippen LogP contribution is -2.46. The number of hydrogen-bond acceptors (Lipinski definition) is 5. The molecule has 1 saturated heterocycles. The first-order chi connectivity index (χ1) is 10.4. The number of amides is 2. The lowest BCUT2D eigenvalue weighted by Gasteiger charge is -2.27. The molecule has 0 aromatic carbocycles. The number of rotatable bonds is 8. The Labute approximate surface area is 131 Å². The Kier molecular flexibility index (Phi) is 7.78. The summed E-state index contributed by atoms with van der Waals surface area (Å²) < 4.78 is 0. The van der Waals surface area contributed by atoms with Crippen molar-refractivity contribution in [3.63, 3.8) is 0 Å². The molecule has 7 nitrogen and oxygen atoms in total. The third kappa shape index (κ3) is 6.29. The average Bonchev–Trinajstić information content (AvgIpc) is 2.53. The molecule has 22 heavy (non-hydrogen) atoms. The second-order valence-corrected chi connectivity index (χ2v) is 6.59. The molecule has 1 fully saturated rings. The van der Waals surface area contributed by atoms with Crippen molar-refractivity contribution in [1.29, 1.82) is 0 Å². The van der Waals surface area contributed by atoms with Gasteiger partial charge in [-0.25, -0.2) is 0 Å². The molecule has 0 radical (unpaired) electrons. The van der Waals surface area contributed by atoms with E-state index in [0.29, 0.717) is 12.5 Å². The monoisotopic (exact) mass is 315 g/mol. The van der Waals surface area contributed by atoms with Crippen molar-refractivity contribution in [1.82, 2.24) is 16.0 Å². The normalized spacial score (nSPS) is 17.8. The van der Waals surface area contributed by atoms with Crippen molar-refractivity contribution in [3.05, 3.63) is 0 Å². The fourth-order valence-electron chi connectivity index (χ4n) is 2.27. The molecule has 1 aliphatic heterocycles. The predicted octanol–water partition coefficient (Wildman–Crippen LogP) is -1.01. The van der Waals surface area contributed by atoms with Crippen molar-refractivity contribution in [3.8, 4) is 0 Å². The van der Waals surface area contributed by atoms with Crippen molar-refractivity contribution in [2.24, 2.45) is 11.3 Å². The van der Waals surface area contributed by atoms with Crippen LogP contribution in [0.2, 0.25) is 0 Å². The van der Waals surface area contributed by atoms with Gasteiger partial charge in [-0.1, -0.05) is 13.8 Å². The van der Waals surface area contributed by atoms with E-state index in [1.807, 2.05) is 0 Å². The fourth-order valence-corrected chi connectivity index (χ4v) is 2.27. The second-order valence-electron chi connectivity index (χ2n) is 6.59. The summed E-state index contributed by atoms with van der Waals surface area (Å²) in [6, 6.07) is 0. The van der Waals surface area contributed by atoms with E-state index in [9.17, 15) is 14.7 Å². The van der Waals surface area contributed by atoms with Crippen LogP contribution in [0, 0.1) is 11.3 Å². The molecule has 0 aromatic rings. The summed E-state index contributed by atoms with van der Waals surface area (Å²) in [5, 5.41) is 27.6. The van der Waals surface area contributed by atoms with Gasteiger partial charge in [-0.3, -0.25) is 9.59 Å².